The third kappa shape index (κ3) is 2.48. The molecule has 2 aliphatic carbocycles. The SMILES string of the molecule is Cc1c(N2C[C@]3(N)CCC[C@]3(F)C2)ccc2c(=O)c(C(=O)O)cn([C@@H]3C[C@@H]3F)c12. The molecule has 6 nitrogen and oxygen atoms in total. The maximum absolute atomic E-state index is 15.4. The quantitative estimate of drug-likeness (QED) is 0.823. The van der Waals surface area contributed by atoms with Crippen LogP contribution in [0.5, 0.6) is 0 Å². The van der Waals surface area contributed by atoms with Gasteiger partial charge in [0.15, 0.2) is 0 Å². The van der Waals surface area contributed by atoms with E-state index in [4.69, 9.17) is 5.73 Å². The molecule has 154 valence electrons. The molecule has 29 heavy (non-hydrogen) atoms. The lowest BCUT2D eigenvalue weighted by molar-refractivity contribution is 0.0694. The van der Waals surface area contributed by atoms with Gasteiger partial charge in [-0.05, 0) is 43.9 Å². The number of nitrogens with zero attached hydrogens (tertiary/aromatic N) is 2. The Bertz CT molecular complexity index is 1100. The van der Waals surface area contributed by atoms with Crippen LogP contribution in [-0.4, -0.2) is 46.1 Å². The van der Waals surface area contributed by atoms with Crippen LogP contribution in [0.3, 0.4) is 0 Å². The second-order valence-corrected chi connectivity index (χ2v) is 8.84. The largest absolute Gasteiger partial charge is 0.477 e. The van der Waals surface area contributed by atoms with Gasteiger partial charge in [0.05, 0.1) is 23.6 Å². The fourth-order valence-corrected chi connectivity index (χ4v) is 5.29. The first kappa shape index (κ1) is 18.5. The maximum atomic E-state index is 15.4. The summed E-state index contributed by atoms with van der Waals surface area (Å²) >= 11 is 0. The molecule has 3 N–H and O–H groups in total. The van der Waals surface area contributed by atoms with Gasteiger partial charge in [0, 0.05) is 30.2 Å². The van der Waals surface area contributed by atoms with E-state index in [0.29, 0.717) is 30.5 Å². The molecule has 5 rings (SSSR count). The van der Waals surface area contributed by atoms with Crippen molar-refractivity contribution < 1.29 is 18.7 Å². The summed E-state index contributed by atoms with van der Waals surface area (Å²) in [6, 6.07) is 2.81. The first-order valence-corrected chi connectivity index (χ1v) is 9.94. The van der Waals surface area contributed by atoms with Gasteiger partial charge in [-0.1, -0.05) is 0 Å². The molecule has 8 heteroatoms. The molecule has 1 aromatic heterocycles. The number of carboxylic acid groups (broad SMARTS) is 1. The summed E-state index contributed by atoms with van der Waals surface area (Å²) in [5, 5.41) is 9.63. The van der Waals surface area contributed by atoms with E-state index in [9.17, 15) is 19.1 Å². The number of alkyl halides is 2. The van der Waals surface area contributed by atoms with Gasteiger partial charge >= 0.3 is 5.97 Å². The molecule has 3 aliphatic rings. The number of hydrogen-bond acceptors (Lipinski definition) is 4. The third-order valence-electron chi connectivity index (χ3n) is 7.03. The first-order chi connectivity index (χ1) is 13.7. The molecule has 0 unspecified atom stereocenters. The smallest absolute Gasteiger partial charge is 0.341 e. The molecular formula is C21H23F2N3O3. The van der Waals surface area contributed by atoms with Crippen LogP contribution in [0.2, 0.25) is 0 Å². The molecule has 0 radical (unpaired) electrons. The Labute approximate surface area is 165 Å². The second kappa shape index (κ2) is 5.78. The van der Waals surface area contributed by atoms with Crippen molar-refractivity contribution in [3.63, 3.8) is 0 Å². The Balaban J connectivity index is 1.68. The number of aryl methyl sites for hydroxylation is 1. The molecule has 4 atom stereocenters. The lowest BCUT2D eigenvalue weighted by Crippen LogP contribution is -2.53. The topological polar surface area (TPSA) is 88.6 Å². The number of carbonyl (C=O) groups is 1. The molecule has 1 saturated heterocycles. The number of halogens is 2. The minimum atomic E-state index is -1.44. The zero-order valence-electron chi connectivity index (χ0n) is 16.1. The highest BCUT2D eigenvalue weighted by atomic mass is 19.1. The first-order valence-electron chi connectivity index (χ1n) is 9.94. The van der Waals surface area contributed by atoms with Gasteiger partial charge in [0.2, 0.25) is 5.43 Å². The number of aromatic carboxylic acids is 1. The number of carboxylic acids is 1. The number of nitrogens with two attached hydrogens (primary N) is 1. The Morgan fingerprint density at radius 3 is 2.66 bits per heavy atom. The molecule has 0 amide bonds. The van der Waals surface area contributed by atoms with E-state index in [1.807, 2.05) is 11.8 Å². The molecule has 1 aliphatic heterocycles. The van der Waals surface area contributed by atoms with E-state index in [2.05, 4.69) is 0 Å². The minimum absolute atomic E-state index is 0.183. The van der Waals surface area contributed by atoms with Gasteiger partial charge in [-0.2, -0.15) is 0 Å². The van der Waals surface area contributed by atoms with E-state index in [0.717, 1.165) is 12.1 Å². The van der Waals surface area contributed by atoms with E-state index in [1.54, 1.807) is 16.7 Å². The van der Waals surface area contributed by atoms with Crippen molar-refractivity contribution in [2.45, 2.75) is 56.0 Å². The molecule has 0 spiro atoms. The normalized spacial score (nSPS) is 33.3. The Morgan fingerprint density at radius 1 is 1.31 bits per heavy atom. The van der Waals surface area contributed by atoms with Crippen molar-refractivity contribution in [3.05, 3.63) is 39.7 Å². The van der Waals surface area contributed by atoms with Crippen LogP contribution in [0.15, 0.2) is 23.1 Å². The van der Waals surface area contributed by atoms with Crippen molar-refractivity contribution in [2.24, 2.45) is 5.73 Å². The van der Waals surface area contributed by atoms with Gasteiger partial charge in [-0.25, -0.2) is 13.6 Å². The van der Waals surface area contributed by atoms with Gasteiger partial charge in [0.1, 0.15) is 17.4 Å². The van der Waals surface area contributed by atoms with E-state index in [-0.39, 0.29) is 23.9 Å². The van der Waals surface area contributed by atoms with Crippen LogP contribution in [0.25, 0.3) is 10.9 Å². The monoisotopic (exact) mass is 403 g/mol. The summed E-state index contributed by atoms with van der Waals surface area (Å²) in [7, 11) is 0. The van der Waals surface area contributed by atoms with Crippen LogP contribution in [-0.2, 0) is 0 Å². The zero-order valence-corrected chi connectivity index (χ0v) is 16.1. The lowest BCUT2D eigenvalue weighted by Gasteiger charge is -2.27. The van der Waals surface area contributed by atoms with Crippen molar-refractivity contribution >= 4 is 22.6 Å². The highest BCUT2D eigenvalue weighted by Crippen LogP contribution is 2.48. The summed E-state index contributed by atoms with van der Waals surface area (Å²) in [6.07, 6.45) is 2.29. The number of pyridine rings is 1. The average Bonchev–Trinajstić information content (AvgIpc) is 3.21. The highest BCUT2D eigenvalue weighted by Gasteiger charge is 2.59. The van der Waals surface area contributed by atoms with Crippen molar-refractivity contribution in [3.8, 4) is 0 Å². The summed E-state index contributed by atoms with van der Waals surface area (Å²) in [4.78, 5) is 26.1. The predicted octanol–water partition coefficient (Wildman–Crippen LogP) is 2.70. The van der Waals surface area contributed by atoms with Gasteiger partial charge in [0.25, 0.3) is 0 Å². The van der Waals surface area contributed by atoms with Crippen molar-refractivity contribution in [2.75, 3.05) is 18.0 Å². The van der Waals surface area contributed by atoms with Crippen LogP contribution in [0, 0.1) is 6.92 Å². The number of benzene rings is 1. The maximum Gasteiger partial charge on any atom is 0.341 e. The standard InChI is InChI=1S/C21H23F2N3O3/c1-11-15(25-9-20(23)5-2-6-21(20,24)10-25)4-3-12-17(11)26(16-7-14(16)22)8-13(18(12)27)19(28)29/h3-4,8,14,16H,2,5-7,9-10,24H2,1H3,(H,28,29)/t14-,16+,20-,21+/m0/s1. The van der Waals surface area contributed by atoms with Crippen molar-refractivity contribution in [1.29, 1.82) is 0 Å². The molecule has 2 heterocycles. The lowest BCUT2D eigenvalue weighted by atomic mass is 9.89. The number of fused-ring (bicyclic) bond motifs is 2. The predicted molar refractivity (Wildman–Crippen MR) is 105 cm³/mol. The van der Waals surface area contributed by atoms with E-state index < -0.39 is 34.8 Å². The molecule has 1 aromatic carbocycles. The Kier molecular flexibility index (Phi) is 3.70. The van der Waals surface area contributed by atoms with Crippen LogP contribution >= 0.6 is 0 Å². The summed E-state index contributed by atoms with van der Waals surface area (Å²) in [5.41, 5.74) is 5.07. The van der Waals surface area contributed by atoms with Crippen LogP contribution in [0.1, 0.15) is 47.6 Å². The van der Waals surface area contributed by atoms with Crippen molar-refractivity contribution in [1.82, 2.24) is 4.57 Å². The van der Waals surface area contributed by atoms with Gasteiger partial charge < -0.3 is 20.3 Å². The second-order valence-electron chi connectivity index (χ2n) is 8.84. The fraction of sp³-hybridized carbons (Fsp3) is 0.524. The van der Waals surface area contributed by atoms with Gasteiger partial charge in [-0.15, -0.1) is 0 Å². The molecule has 2 saturated carbocycles. The third-order valence-corrected chi connectivity index (χ3v) is 7.03. The fourth-order valence-electron chi connectivity index (χ4n) is 5.29. The van der Waals surface area contributed by atoms with Crippen LogP contribution < -0.4 is 16.1 Å². The number of hydrogen-bond donors (Lipinski definition) is 2. The zero-order chi connectivity index (χ0) is 20.7. The summed E-state index contributed by atoms with van der Waals surface area (Å²) in [5.74, 6) is -1.33. The molecular weight excluding hydrogens is 380 g/mol. The highest BCUT2D eigenvalue weighted by molar-refractivity contribution is 5.95. The Morgan fingerprint density at radius 2 is 2.03 bits per heavy atom. The average molecular weight is 403 g/mol. The molecule has 3 fully saturated rings. The van der Waals surface area contributed by atoms with Crippen LogP contribution in [0.4, 0.5) is 14.5 Å². The number of rotatable bonds is 3. The molecule has 2 aromatic rings. The van der Waals surface area contributed by atoms with E-state index in [1.165, 1.54) is 6.20 Å². The van der Waals surface area contributed by atoms with E-state index >= 15 is 4.39 Å². The number of aromatic nitrogens is 1. The Hall–Kier alpha value is -2.48. The number of anilines is 1. The minimum Gasteiger partial charge on any atom is -0.477 e. The van der Waals surface area contributed by atoms with Gasteiger partial charge in [-0.3, -0.25) is 4.79 Å². The molecule has 0 bridgehead atoms. The summed E-state index contributed by atoms with van der Waals surface area (Å²) in [6.45, 7) is 2.37. The summed E-state index contributed by atoms with van der Waals surface area (Å²) < 4.78 is 30.9.